The second kappa shape index (κ2) is 4.65. The number of hydrogen-bond donors (Lipinski definition) is 0. The highest BCUT2D eigenvalue weighted by Crippen LogP contribution is 2.29. The Morgan fingerprint density at radius 2 is 1.93 bits per heavy atom. The van der Waals surface area contributed by atoms with Gasteiger partial charge >= 0.3 is 0 Å². The van der Waals surface area contributed by atoms with Crippen molar-refractivity contribution in [3.8, 4) is 5.75 Å². The number of rotatable bonds is 3. The lowest BCUT2D eigenvalue weighted by atomic mass is 10.0. The van der Waals surface area contributed by atoms with Gasteiger partial charge in [0.05, 0.1) is 5.02 Å². The first-order valence-electron chi connectivity index (χ1n) is 4.61. The van der Waals surface area contributed by atoms with E-state index in [0.717, 1.165) is 5.56 Å². The molecule has 78 valence electrons. The van der Waals surface area contributed by atoms with Crippen molar-refractivity contribution in [3.05, 3.63) is 28.8 Å². The first-order chi connectivity index (χ1) is 6.50. The fourth-order valence-corrected chi connectivity index (χ4v) is 1.38. The lowest BCUT2D eigenvalue weighted by Gasteiger charge is -2.11. The molecule has 0 aliphatic heterocycles. The van der Waals surface area contributed by atoms with E-state index in [1.807, 2.05) is 12.1 Å². The van der Waals surface area contributed by atoms with E-state index in [-0.39, 0.29) is 0 Å². The third-order valence-electron chi connectivity index (χ3n) is 1.91. The van der Waals surface area contributed by atoms with Gasteiger partial charge in [0, 0.05) is 6.92 Å². The highest BCUT2D eigenvalue weighted by molar-refractivity contribution is 6.32. The Labute approximate surface area is 88.8 Å². The minimum Gasteiger partial charge on any atom is -0.459 e. The molecule has 1 aromatic rings. The van der Waals surface area contributed by atoms with E-state index in [1.165, 1.54) is 6.92 Å². The molecule has 1 rings (SSSR count). The summed E-state index contributed by atoms with van der Waals surface area (Å²) in [5, 5.41) is 0.459. The molecule has 0 spiro atoms. The number of halogens is 2. The number of benzene rings is 1. The molecule has 0 saturated carbocycles. The molecular formula is C11H14ClFO. The van der Waals surface area contributed by atoms with Crippen LogP contribution in [0.2, 0.25) is 5.02 Å². The highest BCUT2D eigenvalue weighted by atomic mass is 35.5. The Morgan fingerprint density at radius 3 is 2.36 bits per heavy atom. The quantitative estimate of drug-likeness (QED) is 0.737. The lowest BCUT2D eigenvalue weighted by molar-refractivity contribution is 0.0861. The number of hydrogen-bond acceptors (Lipinski definition) is 1. The molecule has 0 aliphatic rings. The summed E-state index contributed by atoms with van der Waals surface area (Å²) in [5.74, 6) is 0.801. The molecule has 3 heteroatoms. The van der Waals surface area contributed by atoms with E-state index in [9.17, 15) is 4.39 Å². The molecule has 0 fully saturated rings. The van der Waals surface area contributed by atoms with Gasteiger partial charge in [-0.15, -0.1) is 0 Å². The van der Waals surface area contributed by atoms with Crippen LogP contribution in [0.4, 0.5) is 4.39 Å². The fourth-order valence-electron chi connectivity index (χ4n) is 1.15. The zero-order valence-corrected chi connectivity index (χ0v) is 9.31. The van der Waals surface area contributed by atoms with Crippen molar-refractivity contribution >= 4 is 11.6 Å². The van der Waals surface area contributed by atoms with Gasteiger partial charge < -0.3 is 4.74 Å². The summed E-state index contributed by atoms with van der Waals surface area (Å²) in [5.41, 5.74) is 1.12. The van der Waals surface area contributed by atoms with Gasteiger partial charge in [-0.1, -0.05) is 31.5 Å². The summed E-state index contributed by atoms with van der Waals surface area (Å²) < 4.78 is 17.4. The smallest absolute Gasteiger partial charge is 0.235 e. The van der Waals surface area contributed by atoms with Crippen LogP contribution in [0.1, 0.15) is 32.3 Å². The molecule has 0 saturated heterocycles. The topological polar surface area (TPSA) is 9.23 Å². The van der Waals surface area contributed by atoms with E-state index in [1.54, 1.807) is 6.07 Å². The summed E-state index contributed by atoms with van der Waals surface area (Å²) >= 11 is 5.93. The van der Waals surface area contributed by atoms with Gasteiger partial charge in [0.15, 0.2) is 0 Å². The van der Waals surface area contributed by atoms with E-state index in [2.05, 4.69) is 13.8 Å². The monoisotopic (exact) mass is 216 g/mol. The molecule has 0 amide bonds. The minimum absolute atomic E-state index is 0.395. The van der Waals surface area contributed by atoms with Crippen LogP contribution < -0.4 is 4.74 Å². The van der Waals surface area contributed by atoms with Crippen molar-refractivity contribution in [3.63, 3.8) is 0 Å². The molecule has 0 aromatic heterocycles. The maximum absolute atomic E-state index is 12.5. The van der Waals surface area contributed by atoms with Crippen molar-refractivity contribution < 1.29 is 9.13 Å². The van der Waals surface area contributed by atoms with Crippen LogP contribution in [0, 0.1) is 0 Å². The van der Waals surface area contributed by atoms with Crippen molar-refractivity contribution in [2.45, 2.75) is 33.0 Å². The fraction of sp³-hybridized carbons (Fsp3) is 0.455. The summed E-state index contributed by atoms with van der Waals surface area (Å²) in [6.07, 6.45) is -1.34. The minimum atomic E-state index is -1.34. The first-order valence-corrected chi connectivity index (χ1v) is 4.98. The normalized spacial score (nSPS) is 13.0. The van der Waals surface area contributed by atoms with Gasteiger partial charge in [-0.25, -0.2) is 4.39 Å². The Balaban J connectivity index is 2.90. The van der Waals surface area contributed by atoms with Crippen molar-refractivity contribution in [1.82, 2.24) is 0 Å². The Morgan fingerprint density at radius 1 is 1.29 bits per heavy atom. The molecule has 0 N–H and O–H groups in total. The van der Waals surface area contributed by atoms with Crippen molar-refractivity contribution in [2.24, 2.45) is 0 Å². The van der Waals surface area contributed by atoms with Gasteiger partial charge in [-0.3, -0.25) is 0 Å². The summed E-state index contributed by atoms with van der Waals surface area (Å²) in [6, 6.07) is 5.41. The SMILES string of the molecule is CC(F)Oc1ccc(C(C)C)cc1Cl. The molecule has 0 heterocycles. The highest BCUT2D eigenvalue weighted by Gasteiger charge is 2.07. The van der Waals surface area contributed by atoms with Crippen molar-refractivity contribution in [2.75, 3.05) is 0 Å². The summed E-state index contributed by atoms with van der Waals surface area (Å²) in [6.45, 7) is 5.47. The third-order valence-corrected chi connectivity index (χ3v) is 2.21. The van der Waals surface area contributed by atoms with Crippen LogP contribution in [0.25, 0.3) is 0 Å². The van der Waals surface area contributed by atoms with Crippen LogP contribution in [0.3, 0.4) is 0 Å². The third kappa shape index (κ3) is 2.88. The van der Waals surface area contributed by atoms with Crippen LogP contribution in [-0.2, 0) is 0 Å². The van der Waals surface area contributed by atoms with E-state index >= 15 is 0 Å². The number of ether oxygens (including phenoxy) is 1. The molecule has 0 aliphatic carbocycles. The zero-order chi connectivity index (χ0) is 10.7. The maximum Gasteiger partial charge on any atom is 0.235 e. The lowest BCUT2D eigenvalue weighted by Crippen LogP contribution is -2.04. The second-order valence-electron chi connectivity index (χ2n) is 3.51. The molecule has 14 heavy (non-hydrogen) atoms. The molecule has 0 bridgehead atoms. The molecule has 1 aromatic carbocycles. The summed E-state index contributed by atoms with van der Waals surface area (Å²) in [4.78, 5) is 0. The molecular weight excluding hydrogens is 203 g/mol. The molecule has 1 unspecified atom stereocenters. The van der Waals surface area contributed by atoms with Crippen LogP contribution in [0.15, 0.2) is 18.2 Å². The standard InChI is InChI=1S/C11H14ClFO/c1-7(2)9-4-5-11(10(12)6-9)14-8(3)13/h4-8H,1-3H3. The van der Waals surface area contributed by atoms with Crippen LogP contribution in [-0.4, -0.2) is 6.36 Å². The predicted molar refractivity (Wildman–Crippen MR) is 56.7 cm³/mol. The maximum atomic E-state index is 12.5. The van der Waals surface area contributed by atoms with Gasteiger partial charge in [0.2, 0.25) is 6.36 Å². The van der Waals surface area contributed by atoms with Crippen LogP contribution >= 0.6 is 11.6 Å². The average molecular weight is 217 g/mol. The van der Waals surface area contributed by atoms with Crippen molar-refractivity contribution in [1.29, 1.82) is 0 Å². The predicted octanol–water partition coefficient (Wildman–Crippen LogP) is 4.16. The molecule has 0 radical (unpaired) electrons. The van der Waals surface area contributed by atoms with Gasteiger partial charge in [0.1, 0.15) is 5.75 Å². The zero-order valence-electron chi connectivity index (χ0n) is 8.55. The average Bonchev–Trinajstić information content (AvgIpc) is 2.07. The molecule has 1 atom stereocenters. The van der Waals surface area contributed by atoms with Gasteiger partial charge in [-0.2, -0.15) is 0 Å². The van der Waals surface area contributed by atoms with Gasteiger partial charge in [-0.05, 0) is 23.6 Å². The van der Waals surface area contributed by atoms with E-state index in [4.69, 9.17) is 16.3 Å². The van der Waals surface area contributed by atoms with E-state index < -0.39 is 6.36 Å². The second-order valence-corrected chi connectivity index (χ2v) is 3.91. The molecule has 1 nitrogen and oxygen atoms in total. The first kappa shape index (κ1) is 11.3. The summed E-state index contributed by atoms with van der Waals surface area (Å²) in [7, 11) is 0. The Hall–Kier alpha value is -0.760. The number of alkyl halides is 1. The Bertz CT molecular complexity index is 310. The van der Waals surface area contributed by atoms with Gasteiger partial charge in [0.25, 0.3) is 0 Å². The van der Waals surface area contributed by atoms with Crippen LogP contribution in [0.5, 0.6) is 5.75 Å². The Kier molecular flexibility index (Phi) is 3.76. The van der Waals surface area contributed by atoms with E-state index in [0.29, 0.717) is 16.7 Å². The largest absolute Gasteiger partial charge is 0.459 e.